The molecule has 0 radical (unpaired) electrons. The molecule has 3 N–H and O–H groups in total. The van der Waals surface area contributed by atoms with Gasteiger partial charge in [0.1, 0.15) is 11.5 Å². The van der Waals surface area contributed by atoms with E-state index in [1.54, 1.807) is 12.3 Å². The lowest BCUT2D eigenvalue weighted by atomic mass is 10.1. The van der Waals surface area contributed by atoms with Gasteiger partial charge in [-0.2, -0.15) is 13.2 Å². The van der Waals surface area contributed by atoms with Crippen molar-refractivity contribution in [3.8, 4) is 0 Å². The minimum Gasteiger partial charge on any atom is -0.380 e. The number of nitrogens with zero attached hydrogens (tertiary/aromatic N) is 4. The average molecular weight is 364 g/mol. The van der Waals surface area contributed by atoms with Gasteiger partial charge in [-0.15, -0.1) is 0 Å². The molecule has 3 aromatic rings. The minimum atomic E-state index is -4.84. The van der Waals surface area contributed by atoms with Gasteiger partial charge in [-0.25, -0.2) is 19.4 Å². The largest absolute Gasteiger partial charge is 0.449 e. The number of benzene rings is 1. The summed E-state index contributed by atoms with van der Waals surface area (Å²) in [5, 5.41) is 7.76. The topological polar surface area (TPSA) is 92.4 Å². The maximum atomic E-state index is 13.4. The van der Waals surface area contributed by atoms with Crippen LogP contribution in [0.2, 0.25) is 0 Å². The maximum absolute atomic E-state index is 13.4. The van der Waals surface area contributed by atoms with Crippen molar-refractivity contribution in [3.05, 3.63) is 65.6 Å². The van der Waals surface area contributed by atoms with Gasteiger partial charge in [0.2, 0.25) is 5.84 Å². The lowest BCUT2D eigenvalue weighted by molar-refractivity contribution is -0.0597. The van der Waals surface area contributed by atoms with Gasteiger partial charge in [0.25, 0.3) is 0 Å². The third-order valence-electron chi connectivity index (χ3n) is 3.47. The van der Waals surface area contributed by atoms with Crippen molar-refractivity contribution >= 4 is 17.3 Å². The van der Waals surface area contributed by atoms with Gasteiger partial charge in [-0.1, -0.05) is 12.1 Å². The smallest absolute Gasteiger partial charge is 0.380 e. The summed E-state index contributed by atoms with van der Waals surface area (Å²) in [5.41, 5.74) is 6.15. The van der Waals surface area contributed by atoms with Crippen molar-refractivity contribution in [3.63, 3.8) is 0 Å². The summed E-state index contributed by atoms with van der Waals surface area (Å²) < 4.78 is 52.4. The van der Waals surface area contributed by atoms with E-state index in [1.165, 1.54) is 35.0 Å². The summed E-state index contributed by atoms with van der Waals surface area (Å²) in [4.78, 5) is 11.4. The molecule has 2 aromatic heterocycles. The van der Waals surface area contributed by atoms with Gasteiger partial charge < -0.3 is 10.1 Å². The number of hydrogen-bond acceptors (Lipinski definition) is 3. The number of rotatable bonds is 3. The van der Waals surface area contributed by atoms with Gasteiger partial charge in [0, 0.05) is 25.0 Å². The number of alkyl halides is 3. The zero-order valence-electron chi connectivity index (χ0n) is 13.1. The van der Waals surface area contributed by atoms with Gasteiger partial charge in [0.05, 0.1) is 5.69 Å². The second-order valence-electron chi connectivity index (χ2n) is 5.38. The molecule has 134 valence electrons. The Hall–Kier alpha value is -3.30. The summed E-state index contributed by atoms with van der Waals surface area (Å²) in [7, 11) is 0. The lowest BCUT2D eigenvalue weighted by Gasteiger charge is -2.08. The van der Waals surface area contributed by atoms with E-state index in [0.717, 1.165) is 0 Å². The molecule has 2 heterocycles. The second-order valence-corrected chi connectivity index (χ2v) is 5.38. The van der Waals surface area contributed by atoms with Crippen LogP contribution in [0, 0.1) is 11.2 Å². The molecule has 10 heteroatoms. The first-order valence-electron chi connectivity index (χ1n) is 7.31. The van der Waals surface area contributed by atoms with E-state index in [4.69, 9.17) is 11.1 Å². The molecule has 0 unspecified atom stereocenters. The number of hydrogen-bond donors (Lipinski definition) is 2. The van der Waals surface area contributed by atoms with Crippen molar-refractivity contribution in [2.75, 3.05) is 0 Å². The number of nitrogens with two attached hydrogens (primary N) is 1. The molecule has 0 atom stereocenters. The van der Waals surface area contributed by atoms with Crippen LogP contribution in [0.4, 0.5) is 17.6 Å². The third-order valence-corrected chi connectivity index (χ3v) is 3.47. The van der Waals surface area contributed by atoms with Gasteiger partial charge >= 0.3 is 6.18 Å². The van der Waals surface area contributed by atoms with E-state index in [0.29, 0.717) is 16.9 Å². The van der Waals surface area contributed by atoms with E-state index in [1.807, 2.05) is 0 Å². The monoisotopic (exact) mass is 364 g/mol. The number of halogens is 4. The molecule has 26 heavy (non-hydrogen) atoms. The molecule has 0 spiro atoms. The lowest BCUT2D eigenvalue weighted by Crippen LogP contribution is -2.32. The Morgan fingerprint density at radius 1 is 1.31 bits per heavy atom. The fourth-order valence-corrected chi connectivity index (χ4v) is 2.31. The Bertz CT molecular complexity index is 1010. The number of amidine groups is 2. The first-order valence-corrected chi connectivity index (χ1v) is 7.31. The van der Waals surface area contributed by atoms with E-state index in [9.17, 15) is 17.6 Å². The summed E-state index contributed by atoms with van der Waals surface area (Å²) in [5.74, 6) is -2.80. The standard InChI is InChI=1S/C16H12F4N6/c17-10-3-1-2-9(6-10)7-11-14-23-4-5-26(14)8-12(24-11)13(21)25-15(22)16(18,19)20/h1-6,8H,7H2,(H3,21,22,25). The van der Waals surface area contributed by atoms with Crippen molar-refractivity contribution in [2.24, 2.45) is 10.7 Å². The fraction of sp³-hybridized carbons (Fsp3) is 0.125. The molecule has 0 aliphatic heterocycles. The predicted molar refractivity (Wildman–Crippen MR) is 86.7 cm³/mol. The molecule has 0 saturated heterocycles. The van der Waals surface area contributed by atoms with Crippen molar-refractivity contribution < 1.29 is 17.6 Å². The SMILES string of the molecule is N=C(N=C(N)C(F)(F)F)c1cn2ccnc2c(Cc2cccc(F)c2)n1. The summed E-state index contributed by atoms with van der Waals surface area (Å²) in [6.07, 6.45) is -0.299. The molecule has 0 fully saturated rings. The quantitative estimate of drug-likeness (QED) is 0.425. The van der Waals surface area contributed by atoms with Crippen LogP contribution >= 0.6 is 0 Å². The number of aliphatic imine (C=N–C) groups is 1. The summed E-state index contributed by atoms with van der Waals surface area (Å²) in [6, 6.07) is 5.83. The molecular weight excluding hydrogens is 352 g/mol. The zero-order valence-corrected chi connectivity index (χ0v) is 13.1. The maximum Gasteiger partial charge on any atom is 0.449 e. The second kappa shape index (κ2) is 6.54. The highest BCUT2D eigenvalue weighted by Crippen LogP contribution is 2.17. The Morgan fingerprint density at radius 2 is 2.08 bits per heavy atom. The van der Waals surface area contributed by atoms with Crippen molar-refractivity contribution in [1.29, 1.82) is 5.41 Å². The predicted octanol–water partition coefficient (Wildman–Crippen LogP) is 2.70. The van der Waals surface area contributed by atoms with Gasteiger partial charge in [0.15, 0.2) is 11.5 Å². The minimum absolute atomic E-state index is 0.117. The van der Waals surface area contributed by atoms with E-state index >= 15 is 0 Å². The molecule has 0 amide bonds. The van der Waals surface area contributed by atoms with Crippen LogP contribution in [-0.4, -0.2) is 32.2 Å². The number of aromatic nitrogens is 3. The molecule has 6 nitrogen and oxygen atoms in total. The van der Waals surface area contributed by atoms with Crippen LogP contribution in [-0.2, 0) is 6.42 Å². The van der Waals surface area contributed by atoms with E-state index in [-0.39, 0.29) is 12.1 Å². The highest BCUT2D eigenvalue weighted by molar-refractivity contribution is 6.04. The Morgan fingerprint density at radius 3 is 2.77 bits per heavy atom. The van der Waals surface area contributed by atoms with Crippen LogP contribution < -0.4 is 5.73 Å². The average Bonchev–Trinajstić information content (AvgIpc) is 3.02. The van der Waals surface area contributed by atoms with Gasteiger partial charge in [-0.05, 0) is 17.7 Å². The van der Waals surface area contributed by atoms with Crippen LogP contribution in [0.25, 0.3) is 5.65 Å². The normalized spacial score (nSPS) is 12.5. The molecule has 0 saturated carbocycles. The molecule has 0 aliphatic rings. The highest BCUT2D eigenvalue weighted by Gasteiger charge is 2.34. The molecule has 0 bridgehead atoms. The molecular formula is C16H12F4N6. The number of fused-ring (bicyclic) bond motifs is 1. The van der Waals surface area contributed by atoms with Crippen LogP contribution in [0.3, 0.4) is 0 Å². The van der Waals surface area contributed by atoms with Crippen LogP contribution in [0.15, 0.2) is 47.8 Å². The number of imidazole rings is 1. The Labute approximate surface area is 144 Å². The summed E-state index contributed by atoms with van der Waals surface area (Å²) in [6.45, 7) is 0. The van der Waals surface area contributed by atoms with Gasteiger partial charge in [-0.3, -0.25) is 5.41 Å². The third kappa shape index (κ3) is 3.68. The first kappa shape index (κ1) is 17.5. The van der Waals surface area contributed by atoms with E-state index in [2.05, 4.69) is 15.0 Å². The summed E-state index contributed by atoms with van der Waals surface area (Å²) >= 11 is 0. The van der Waals surface area contributed by atoms with Crippen molar-refractivity contribution in [2.45, 2.75) is 12.6 Å². The highest BCUT2D eigenvalue weighted by atomic mass is 19.4. The fourth-order valence-electron chi connectivity index (χ4n) is 2.31. The van der Waals surface area contributed by atoms with Crippen LogP contribution in [0.5, 0.6) is 0 Å². The molecule has 0 aliphatic carbocycles. The Balaban J connectivity index is 2.02. The molecule has 1 aromatic carbocycles. The van der Waals surface area contributed by atoms with E-state index < -0.39 is 23.7 Å². The van der Waals surface area contributed by atoms with Crippen LogP contribution in [0.1, 0.15) is 17.0 Å². The number of nitrogens with one attached hydrogen (secondary N) is 1. The zero-order chi connectivity index (χ0) is 18.9. The Kier molecular flexibility index (Phi) is 4.41. The first-order chi connectivity index (χ1) is 12.2. The molecule has 3 rings (SSSR count). The van der Waals surface area contributed by atoms with Crippen molar-refractivity contribution in [1.82, 2.24) is 14.4 Å².